The molecule has 0 amide bonds. The average molecular weight is 201 g/mol. The van der Waals surface area contributed by atoms with Crippen LogP contribution in [0, 0.1) is 5.92 Å². The number of carbonyl (C=O) groups excluding carboxylic acids is 1. The summed E-state index contributed by atoms with van der Waals surface area (Å²) < 4.78 is 0. The molecular weight excluding hydrogens is 178 g/mol. The third-order valence-corrected chi connectivity index (χ3v) is 1.98. The Morgan fingerprint density at radius 1 is 1.29 bits per heavy atom. The van der Waals surface area contributed by atoms with Gasteiger partial charge in [0.15, 0.2) is 0 Å². The minimum atomic E-state index is 0.122. The highest BCUT2D eigenvalue weighted by Crippen LogP contribution is 1.97. The van der Waals surface area contributed by atoms with Crippen molar-refractivity contribution in [2.24, 2.45) is 5.92 Å². The molecule has 3 nitrogen and oxygen atoms in total. The maximum absolute atomic E-state index is 11.2. The normalized spacial score (nSPS) is 10.9. The van der Waals surface area contributed by atoms with Crippen LogP contribution in [0.1, 0.15) is 39.5 Å². The molecule has 14 heavy (non-hydrogen) atoms. The fraction of sp³-hybridized carbons (Fsp3) is 0.909. The SMILES string of the molecule is CC(C)CNCCCC(=O)CCCO. The molecule has 2 N–H and O–H groups in total. The molecule has 0 saturated carbocycles. The molecule has 0 radical (unpaired) electrons. The van der Waals surface area contributed by atoms with E-state index < -0.39 is 0 Å². The van der Waals surface area contributed by atoms with Crippen molar-refractivity contribution in [1.82, 2.24) is 5.32 Å². The zero-order valence-electron chi connectivity index (χ0n) is 9.38. The fourth-order valence-electron chi connectivity index (χ4n) is 1.20. The number of hydrogen-bond donors (Lipinski definition) is 2. The van der Waals surface area contributed by atoms with Gasteiger partial charge >= 0.3 is 0 Å². The first-order valence-corrected chi connectivity index (χ1v) is 5.50. The van der Waals surface area contributed by atoms with Gasteiger partial charge in [0.05, 0.1) is 0 Å². The maximum atomic E-state index is 11.2. The highest BCUT2D eigenvalue weighted by molar-refractivity contribution is 5.78. The lowest BCUT2D eigenvalue weighted by atomic mass is 10.1. The number of rotatable bonds is 9. The molecule has 0 atom stereocenters. The summed E-state index contributed by atoms with van der Waals surface area (Å²) in [6.45, 7) is 6.39. The largest absolute Gasteiger partial charge is 0.396 e. The summed E-state index contributed by atoms with van der Waals surface area (Å²) >= 11 is 0. The van der Waals surface area contributed by atoms with Gasteiger partial charge in [0, 0.05) is 19.4 Å². The Hall–Kier alpha value is -0.410. The Bertz CT molecular complexity index is 146. The van der Waals surface area contributed by atoms with Crippen LogP contribution in [0.15, 0.2) is 0 Å². The van der Waals surface area contributed by atoms with Crippen LogP contribution in [-0.4, -0.2) is 30.6 Å². The van der Waals surface area contributed by atoms with Crippen LogP contribution >= 0.6 is 0 Å². The van der Waals surface area contributed by atoms with E-state index in [1.807, 2.05) is 0 Å². The first-order chi connectivity index (χ1) is 6.66. The third-order valence-electron chi connectivity index (χ3n) is 1.98. The monoisotopic (exact) mass is 201 g/mol. The van der Waals surface area contributed by atoms with Crippen molar-refractivity contribution in [3.05, 3.63) is 0 Å². The summed E-state index contributed by atoms with van der Waals surface area (Å²) in [5, 5.41) is 11.8. The predicted molar refractivity (Wildman–Crippen MR) is 58.3 cm³/mol. The number of carbonyl (C=O) groups is 1. The second-order valence-corrected chi connectivity index (χ2v) is 4.07. The molecule has 0 aromatic carbocycles. The summed E-state index contributed by atoms with van der Waals surface area (Å²) in [7, 11) is 0. The van der Waals surface area contributed by atoms with Gasteiger partial charge in [-0.2, -0.15) is 0 Å². The number of hydrogen-bond acceptors (Lipinski definition) is 3. The third kappa shape index (κ3) is 9.68. The molecule has 0 aliphatic rings. The van der Waals surface area contributed by atoms with E-state index in [0.717, 1.165) is 19.5 Å². The Balaban J connectivity index is 3.15. The molecule has 0 aliphatic heterocycles. The van der Waals surface area contributed by atoms with Gasteiger partial charge in [-0.05, 0) is 31.8 Å². The lowest BCUT2D eigenvalue weighted by molar-refractivity contribution is -0.119. The summed E-state index contributed by atoms with van der Waals surface area (Å²) in [6, 6.07) is 0. The van der Waals surface area contributed by atoms with Crippen molar-refractivity contribution in [3.63, 3.8) is 0 Å². The number of ketones is 1. The van der Waals surface area contributed by atoms with E-state index in [4.69, 9.17) is 5.11 Å². The van der Waals surface area contributed by atoms with Crippen molar-refractivity contribution >= 4 is 5.78 Å². The van der Waals surface area contributed by atoms with E-state index in [0.29, 0.717) is 25.2 Å². The van der Waals surface area contributed by atoms with Gasteiger partial charge < -0.3 is 10.4 Å². The van der Waals surface area contributed by atoms with Crippen LogP contribution in [0.25, 0.3) is 0 Å². The molecule has 0 heterocycles. The second kappa shape index (κ2) is 9.16. The zero-order chi connectivity index (χ0) is 10.8. The first-order valence-electron chi connectivity index (χ1n) is 5.50. The highest BCUT2D eigenvalue weighted by atomic mass is 16.3. The Kier molecular flexibility index (Phi) is 8.89. The quantitative estimate of drug-likeness (QED) is 0.554. The van der Waals surface area contributed by atoms with Crippen molar-refractivity contribution in [3.8, 4) is 0 Å². The zero-order valence-corrected chi connectivity index (χ0v) is 9.38. The molecule has 0 rings (SSSR count). The van der Waals surface area contributed by atoms with E-state index in [1.54, 1.807) is 0 Å². The van der Waals surface area contributed by atoms with E-state index >= 15 is 0 Å². The first kappa shape index (κ1) is 13.6. The molecule has 0 bridgehead atoms. The van der Waals surface area contributed by atoms with Gasteiger partial charge in [0.1, 0.15) is 5.78 Å². The number of Topliss-reactive ketones (excluding diaryl/α,β-unsaturated/α-hetero) is 1. The van der Waals surface area contributed by atoms with Crippen LogP contribution in [0.2, 0.25) is 0 Å². The standard InChI is InChI=1S/C11H23NO2/c1-10(2)9-12-7-3-5-11(14)6-4-8-13/h10,12-13H,3-9H2,1-2H3. The van der Waals surface area contributed by atoms with Crippen molar-refractivity contribution in [2.75, 3.05) is 19.7 Å². The van der Waals surface area contributed by atoms with E-state index in [2.05, 4.69) is 19.2 Å². The van der Waals surface area contributed by atoms with Crippen LogP contribution in [-0.2, 0) is 4.79 Å². The lowest BCUT2D eigenvalue weighted by Crippen LogP contribution is -2.21. The number of aliphatic hydroxyl groups is 1. The minimum Gasteiger partial charge on any atom is -0.396 e. The van der Waals surface area contributed by atoms with Crippen molar-refractivity contribution in [2.45, 2.75) is 39.5 Å². The summed E-state index contributed by atoms with van der Waals surface area (Å²) in [6.07, 6.45) is 2.70. The molecular formula is C11H23NO2. The molecule has 0 saturated heterocycles. The molecule has 0 aromatic rings. The van der Waals surface area contributed by atoms with Gasteiger partial charge in [-0.1, -0.05) is 13.8 Å². The molecule has 0 spiro atoms. The molecule has 3 heteroatoms. The Labute approximate surface area is 86.9 Å². The van der Waals surface area contributed by atoms with Crippen LogP contribution in [0.4, 0.5) is 0 Å². The smallest absolute Gasteiger partial charge is 0.133 e. The molecule has 0 unspecified atom stereocenters. The molecule has 0 aromatic heterocycles. The van der Waals surface area contributed by atoms with E-state index in [9.17, 15) is 4.79 Å². The minimum absolute atomic E-state index is 0.122. The van der Waals surface area contributed by atoms with Crippen LogP contribution in [0.5, 0.6) is 0 Å². The topological polar surface area (TPSA) is 49.3 Å². The van der Waals surface area contributed by atoms with Gasteiger partial charge in [-0.25, -0.2) is 0 Å². The molecule has 0 aliphatic carbocycles. The Morgan fingerprint density at radius 2 is 1.93 bits per heavy atom. The second-order valence-electron chi connectivity index (χ2n) is 4.07. The molecule has 0 fully saturated rings. The summed E-state index contributed by atoms with van der Waals surface area (Å²) in [4.78, 5) is 11.2. The highest BCUT2D eigenvalue weighted by Gasteiger charge is 2.00. The lowest BCUT2D eigenvalue weighted by Gasteiger charge is -2.06. The predicted octanol–water partition coefficient (Wildman–Crippen LogP) is 1.35. The average Bonchev–Trinajstić information content (AvgIpc) is 2.13. The van der Waals surface area contributed by atoms with Gasteiger partial charge in [-0.3, -0.25) is 4.79 Å². The van der Waals surface area contributed by atoms with Gasteiger partial charge in [0.25, 0.3) is 0 Å². The number of aliphatic hydroxyl groups excluding tert-OH is 1. The van der Waals surface area contributed by atoms with E-state index in [-0.39, 0.29) is 12.4 Å². The van der Waals surface area contributed by atoms with Crippen molar-refractivity contribution < 1.29 is 9.90 Å². The summed E-state index contributed by atoms with van der Waals surface area (Å²) in [5.74, 6) is 0.936. The van der Waals surface area contributed by atoms with Gasteiger partial charge in [-0.15, -0.1) is 0 Å². The summed E-state index contributed by atoms with van der Waals surface area (Å²) in [5.41, 5.74) is 0. The Morgan fingerprint density at radius 3 is 2.50 bits per heavy atom. The van der Waals surface area contributed by atoms with Crippen LogP contribution < -0.4 is 5.32 Å². The van der Waals surface area contributed by atoms with E-state index in [1.165, 1.54) is 0 Å². The maximum Gasteiger partial charge on any atom is 0.133 e. The van der Waals surface area contributed by atoms with Crippen LogP contribution in [0.3, 0.4) is 0 Å². The fourth-order valence-corrected chi connectivity index (χ4v) is 1.20. The molecule has 84 valence electrons. The van der Waals surface area contributed by atoms with Crippen molar-refractivity contribution in [1.29, 1.82) is 0 Å². The van der Waals surface area contributed by atoms with Gasteiger partial charge in [0.2, 0.25) is 0 Å². The number of nitrogens with one attached hydrogen (secondary N) is 1.